The Morgan fingerprint density at radius 2 is 1.74 bits per heavy atom. The zero-order valence-electron chi connectivity index (χ0n) is 17.2. The molecular formula is C24H33NO2. The molecule has 3 nitrogen and oxygen atoms in total. The van der Waals surface area contributed by atoms with Gasteiger partial charge >= 0.3 is 0 Å². The number of likely N-dealkylation sites (N-methyl/N-ethyl adjacent to an activating group) is 1. The molecular weight excluding hydrogens is 334 g/mol. The fraction of sp³-hybridized carbons (Fsp3) is 0.458. The molecule has 0 radical (unpaired) electrons. The first-order valence-corrected chi connectivity index (χ1v) is 10.0. The summed E-state index contributed by atoms with van der Waals surface area (Å²) >= 11 is 0. The first kappa shape index (κ1) is 21.3. The van der Waals surface area contributed by atoms with Crippen molar-refractivity contribution in [2.45, 2.75) is 33.6 Å². The highest BCUT2D eigenvalue weighted by Gasteiger charge is 2.28. The molecule has 0 aromatic heterocycles. The van der Waals surface area contributed by atoms with E-state index in [2.05, 4.69) is 50.8 Å². The van der Waals surface area contributed by atoms with Crippen molar-refractivity contribution in [1.29, 1.82) is 0 Å². The Bertz CT molecular complexity index is 695. The van der Waals surface area contributed by atoms with E-state index in [1.807, 2.05) is 36.4 Å². The number of hydrogen-bond acceptors (Lipinski definition) is 3. The van der Waals surface area contributed by atoms with E-state index in [0.717, 1.165) is 30.8 Å². The highest BCUT2D eigenvalue weighted by atomic mass is 16.5. The van der Waals surface area contributed by atoms with Crippen LogP contribution in [-0.4, -0.2) is 43.5 Å². The van der Waals surface area contributed by atoms with Gasteiger partial charge in [0, 0.05) is 12.1 Å². The fourth-order valence-corrected chi connectivity index (χ4v) is 3.48. The molecule has 0 aliphatic heterocycles. The third kappa shape index (κ3) is 6.30. The largest absolute Gasteiger partial charge is 0.380 e. The summed E-state index contributed by atoms with van der Waals surface area (Å²) in [6.07, 6.45) is 0. The van der Waals surface area contributed by atoms with Gasteiger partial charge in [-0.2, -0.15) is 0 Å². The molecule has 0 saturated carbocycles. The number of benzene rings is 2. The standard InChI is InChI=1S/C24H33NO2/c1-5-25(6-2)15-16-27-18-20(4)23(22-14-10-11-19(3)17-22)24(26)21-12-8-7-9-13-21/h7-14,17,20,23H,5-6,15-16,18H2,1-4H3. The number of carbonyl (C=O) groups is 1. The molecule has 2 aromatic carbocycles. The van der Waals surface area contributed by atoms with Crippen molar-refractivity contribution in [2.75, 3.05) is 32.8 Å². The summed E-state index contributed by atoms with van der Waals surface area (Å²) in [6, 6.07) is 17.9. The minimum Gasteiger partial charge on any atom is -0.380 e. The van der Waals surface area contributed by atoms with Crippen LogP contribution >= 0.6 is 0 Å². The van der Waals surface area contributed by atoms with Crippen LogP contribution in [0.15, 0.2) is 54.6 Å². The second kappa shape index (κ2) is 11.0. The van der Waals surface area contributed by atoms with Gasteiger partial charge in [-0.25, -0.2) is 0 Å². The van der Waals surface area contributed by atoms with Crippen molar-refractivity contribution in [3.05, 3.63) is 71.3 Å². The third-order valence-electron chi connectivity index (χ3n) is 5.14. The van der Waals surface area contributed by atoms with Crippen molar-refractivity contribution in [2.24, 2.45) is 5.92 Å². The molecule has 3 heteroatoms. The number of ketones is 1. The Morgan fingerprint density at radius 3 is 2.37 bits per heavy atom. The number of ether oxygens (including phenoxy) is 1. The first-order chi connectivity index (χ1) is 13.1. The lowest BCUT2D eigenvalue weighted by atomic mass is 9.81. The SMILES string of the molecule is CCN(CC)CCOCC(C)C(C(=O)c1ccccc1)c1cccc(C)c1. The number of hydrogen-bond donors (Lipinski definition) is 0. The molecule has 0 bridgehead atoms. The molecule has 2 aromatic rings. The molecule has 0 aliphatic rings. The molecule has 0 amide bonds. The molecule has 146 valence electrons. The minimum atomic E-state index is -0.194. The highest BCUT2D eigenvalue weighted by Crippen LogP contribution is 2.29. The Morgan fingerprint density at radius 1 is 1.04 bits per heavy atom. The average Bonchev–Trinajstić information content (AvgIpc) is 2.69. The summed E-state index contributed by atoms with van der Waals surface area (Å²) in [5, 5.41) is 0. The van der Waals surface area contributed by atoms with Gasteiger partial charge in [-0.05, 0) is 31.5 Å². The second-order valence-corrected chi connectivity index (χ2v) is 7.20. The van der Waals surface area contributed by atoms with E-state index < -0.39 is 0 Å². The van der Waals surface area contributed by atoms with Crippen LogP contribution in [0.2, 0.25) is 0 Å². The van der Waals surface area contributed by atoms with Crippen molar-refractivity contribution >= 4 is 5.78 Å². The van der Waals surface area contributed by atoms with Crippen LogP contribution in [-0.2, 0) is 4.74 Å². The van der Waals surface area contributed by atoms with E-state index in [9.17, 15) is 4.79 Å². The molecule has 2 rings (SSSR count). The van der Waals surface area contributed by atoms with E-state index >= 15 is 0 Å². The van der Waals surface area contributed by atoms with Gasteiger partial charge in [0.2, 0.25) is 0 Å². The van der Waals surface area contributed by atoms with Gasteiger partial charge in [-0.15, -0.1) is 0 Å². The zero-order valence-corrected chi connectivity index (χ0v) is 17.2. The Kier molecular flexibility index (Phi) is 8.70. The lowest BCUT2D eigenvalue weighted by Gasteiger charge is -2.25. The van der Waals surface area contributed by atoms with E-state index in [0.29, 0.717) is 13.2 Å². The molecule has 0 N–H and O–H groups in total. The lowest BCUT2D eigenvalue weighted by Crippen LogP contribution is -2.29. The highest BCUT2D eigenvalue weighted by molar-refractivity contribution is 6.01. The van der Waals surface area contributed by atoms with Gasteiger partial charge in [-0.3, -0.25) is 4.79 Å². The van der Waals surface area contributed by atoms with Gasteiger partial charge in [0.15, 0.2) is 5.78 Å². The van der Waals surface area contributed by atoms with E-state index in [-0.39, 0.29) is 17.6 Å². The fourth-order valence-electron chi connectivity index (χ4n) is 3.48. The lowest BCUT2D eigenvalue weighted by molar-refractivity contribution is 0.0683. The maximum atomic E-state index is 13.3. The summed E-state index contributed by atoms with van der Waals surface area (Å²) < 4.78 is 5.95. The summed E-state index contributed by atoms with van der Waals surface area (Å²) in [5.74, 6) is 0.0815. The van der Waals surface area contributed by atoms with Gasteiger partial charge < -0.3 is 9.64 Å². The Labute approximate surface area is 164 Å². The van der Waals surface area contributed by atoms with Crippen molar-refractivity contribution in [1.82, 2.24) is 4.90 Å². The molecule has 2 unspecified atom stereocenters. The smallest absolute Gasteiger partial charge is 0.170 e. The maximum Gasteiger partial charge on any atom is 0.170 e. The van der Waals surface area contributed by atoms with Gasteiger partial charge in [-0.1, -0.05) is 80.9 Å². The van der Waals surface area contributed by atoms with Gasteiger partial charge in [0.05, 0.1) is 19.1 Å². The second-order valence-electron chi connectivity index (χ2n) is 7.20. The van der Waals surface area contributed by atoms with Crippen LogP contribution in [0.4, 0.5) is 0 Å². The number of Topliss-reactive ketones (excluding diaryl/α,β-unsaturated/α-hetero) is 1. The Hall–Kier alpha value is -1.97. The molecule has 0 heterocycles. The first-order valence-electron chi connectivity index (χ1n) is 10.0. The zero-order chi connectivity index (χ0) is 19.6. The topological polar surface area (TPSA) is 29.5 Å². The number of nitrogens with zero attached hydrogens (tertiary/aromatic N) is 1. The summed E-state index contributed by atoms with van der Waals surface area (Å²) in [4.78, 5) is 15.6. The van der Waals surface area contributed by atoms with Gasteiger partial charge in [0.1, 0.15) is 0 Å². The van der Waals surface area contributed by atoms with Crippen LogP contribution in [0.3, 0.4) is 0 Å². The van der Waals surface area contributed by atoms with Crippen molar-refractivity contribution < 1.29 is 9.53 Å². The van der Waals surface area contributed by atoms with Crippen LogP contribution < -0.4 is 0 Å². The summed E-state index contributed by atoms with van der Waals surface area (Å²) in [7, 11) is 0. The predicted molar refractivity (Wildman–Crippen MR) is 112 cm³/mol. The van der Waals surface area contributed by atoms with Crippen molar-refractivity contribution in [3.8, 4) is 0 Å². The molecule has 0 aliphatic carbocycles. The summed E-state index contributed by atoms with van der Waals surface area (Å²) in [5.41, 5.74) is 3.01. The predicted octanol–water partition coefficient (Wildman–Crippen LogP) is 4.96. The van der Waals surface area contributed by atoms with Crippen molar-refractivity contribution in [3.63, 3.8) is 0 Å². The van der Waals surface area contributed by atoms with Crippen LogP contribution in [0.5, 0.6) is 0 Å². The monoisotopic (exact) mass is 367 g/mol. The molecule has 27 heavy (non-hydrogen) atoms. The van der Waals surface area contributed by atoms with Gasteiger partial charge in [0.25, 0.3) is 0 Å². The molecule has 2 atom stereocenters. The third-order valence-corrected chi connectivity index (χ3v) is 5.14. The molecule has 0 fully saturated rings. The van der Waals surface area contributed by atoms with Crippen LogP contribution in [0.25, 0.3) is 0 Å². The van der Waals surface area contributed by atoms with E-state index in [1.165, 1.54) is 5.56 Å². The normalized spacial score (nSPS) is 13.5. The molecule has 0 saturated heterocycles. The van der Waals surface area contributed by atoms with E-state index in [4.69, 9.17) is 4.74 Å². The Balaban J connectivity index is 2.11. The average molecular weight is 368 g/mol. The number of rotatable bonds is 11. The molecule has 0 spiro atoms. The van der Waals surface area contributed by atoms with Crippen LogP contribution in [0, 0.1) is 12.8 Å². The maximum absolute atomic E-state index is 13.3. The summed E-state index contributed by atoms with van der Waals surface area (Å²) in [6.45, 7) is 12.8. The quantitative estimate of drug-likeness (QED) is 0.415. The van der Waals surface area contributed by atoms with Crippen LogP contribution in [0.1, 0.15) is 48.2 Å². The number of carbonyl (C=O) groups excluding carboxylic acids is 1. The van der Waals surface area contributed by atoms with E-state index in [1.54, 1.807) is 0 Å². The number of aryl methyl sites for hydroxylation is 1. The minimum absolute atomic E-state index is 0.108.